The molecule has 2 atom stereocenters. The molecule has 2 unspecified atom stereocenters. The van der Waals surface area contributed by atoms with Crippen molar-refractivity contribution in [2.45, 2.75) is 50.5 Å². The summed E-state index contributed by atoms with van der Waals surface area (Å²) < 4.78 is 13.5. The molecule has 4 nitrogen and oxygen atoms in total. The molecule has 2 rings (SSSR count). The molecule has 0 radical (unpaired) electrons. The van der Waals surface area contributed by atoms with Crippen LogP contribution < -0.4 is 0 Å². The quantitative estimate of drug-likeness (QED) is 0.745. The Morgan fingerprint density at radius 3 is 2.72 bits per heavy atom. The highest BCUT2D eigenvalue weighted by molar-refractivity contribution is 5.44. The Labute approximate surface area is 149 Å². The van der Waals surface area contributed by atoms with Gasteiger partial charge in [-0.1, -0.05) is 12.1 Å². The Balaban J connectivity index is 2.42. The first-order chi connectivity index (χ1) is 11.9. The maximum atomic E-state index is 13.5. The maximum Gasteiger partial charge on any atom is 0.111 e. The zero-order valence-electron chi connectivity index (χ0n) is 15.0. The second-order valence-electron chi connectivity index (χ2n) is 7.01. The molecule has 1 aromatic carbocycles. The Kier molecular flexibility index (Phi) is 6.71. The second-order valence-corrected chi connectivity index (χ2v) is 7.01. The molecule has 0 fully saturated rings. The van der Waals surface area contributed by atoms with Crippen molar-refractivity contribution < 1.29 is 14.6 Å². The number of hydrogen-bond donors (Lipinski definition) is 2. The summed E-state index contributed by atoms with van der Waals surface area (Å²) in [6, 6.07) is 7.06. The van der Waals surface area contributed by atoms with Crippen molar-refractivity contribution in [2.24, 2.45) is 0 Å². The predicted octanol–water partition coefficient (Wildman–Crippen LogP) is 3.03. The van der Waals surface area contributed by atoms with Crippen LogP contribution in [-0.4, -0.2) is 41.9 Å². The van der Waals surface area contributed by atoms with Crippen LogP contribution in [0.25, 0.3) is 0 Å². The van der Waals surface area contributed by atoms with E-state index in [-0.39, 0.29) is 6.61 Å². The molecule has 25 heavy (non-hydrogen) atoms. The van der Waals surface area contributed by atoms with Crippen LogP contribution in [-0.2, 0) is 12.2 Å². The number of aliphatic hydroxyl groups is 2. The first kappa shape index (κ1) is 19.6. The Bertz CT molecular complexity index is 666. The van der Waals surface area contributed by atoms with Gasteiger partial charge in [-0.25, -0.2) is 4.39 Å². The number of nitrogens with zero attached hydrogens (tertiary/aromatic N) is 2. The molecule has 2 N–H and O–H groups in total. The van der Waals surface area contributed by atoms with Crippen LogP contribution in [0.5, 0.6) is 0 Å². The van der Waals surface area contributed by atoms with Crippen molar-refractivity contribution in [2.75, 3.05) is 20.6 Å². The topological polar surface area (TPSA) is 67.5 Å². The lowest BCUT2D eigenvalue weighted by molar-refractivity contribution is 0.0525. The third kappa shape index (κ3) is 4.66. The van der Waals surface area contributed by atoms with E-state index in [1.54, 1.807) is 18.2 Å². The summed E-state index contributed by atoms with van der Waals surface area (Å²) >= 11 is 0. The summed E-state index contributed by atoms with van der Waals surface area (Å²) in [6.07, 6.45) is 3.45. The van der Waals surface area contributed by atoms with Gasteiger partial charge in [0.15, 0.2) is 0 Å². The van der Waals surface area contributed by atoms with E-state index in [4.69, 9.17) is 5.26 Å². The van der Waals surface area contributed by atoms with Gasteiger partial charge in [-0.15, -0.1) is 0 Å². The number of benzene rings is 1. The van der Waals surface area contributed by atoms with Crippen LogP contribution in [0.1, 0.15) is 48.8 Å². The molecule has 0 spiro atoms. The third-order valence-electron chi connectivity index (χ3n) is 4.87. The summed E-state index contributed by atoms with van der Waals surface area (Å²) in [5, 5.41) is 30.4. The lowest BCUT2D eigenvalue weighted by Gasteiger charge is -2.36. The largest absolute Gasteiger partial charge is 0.392 e. The number of allylic oxidation sites excluding steroid dienone is 1. The molecule has 1 aliphatic carbocycles. The number of rotatable bonds is 7. The van der Waals surface area contributed by atoms with Gasteiger partial charge in [-0.3, -0.25) is 0 Å². The molecule has 136 valence electrons. The van der Waals surface area contributed by atoms with E-state index in [1.807, 2.05) is 20.2 Å². The van der Waals surface area contributed by atoms with Gasteiger partial charge in [-0.2, -0.15) is 5.26 Å². The summed E-state index contributed by atoms with van der Waals surface area (Å²) in [5.41, 5.74) is 1.21. The summed E-state index contributed by atoms with van der Waals surface area (Å²) in [6.45, 7) is 0.575. The van der Waals surface area contributed by atoms with Gasteiger partial charge in [0.25, 0.3) is 0 Å². The minimum Gasteiger partial charge on any atom is -0.392 e. The Morgan fingerprint density at radius 2 is 2.16 bits per heavy atom. The van der Waals surface area contributed by atoms with E-state index in [0.29, 0.717) is 42.4 Å². The molecule has 0 heterocycles. The first-order valence-electron chi connectivity index (χ1n) is 8.75. The highest BCUT2D eigenvalue weighted by atomic mass is 19.1. The molecule has 0 aromatic heterocycles. The Morgan fingerprint density at radius 1 is 1.40 bits per heavy atom. The standard InChI is InChI=1S/C20H27FN2O2/c1-23(2)11-3-10-20(25,17-5-7-18(21)8-6-17)19-9-4-15(13-22)12-16(19)14-24/h4-5,9,12,18,24-25H,3,6-8,10-11,14H2,1-2H3. The molecule has 0 saturated carbocycles. The molecule has 1 aromatic rings. The number of nitriles is 1. The van der Waals surface area contributed by atoms with Crippen molar-refractivity contribution in [1.82, 2.24) is 4.90 Å². The van der Waals surface area contributed by atoms with E-state index in [0.717, 1.165) is 18.5 Å². The first-order valence-corrected chi connectivity index (χ1v) is 8.75. The summed E-state index contributed by atoms with van der Waals surface area (Å²) in [7, 11) is 3.96. The smallest absolute Gasteiger partial charge is 0.111 e. The van der Waals surface area contributed by atoms with Gasteiger partial charge in [-0.05, 0) is 81.6 Å². The highest BCUT2D eigenvalue weighted by Crippen LogP contribution is 2.41. The van der Waals surface area contributed by atoms with Crippen molar-refractivity contribution in [3.63, 3.8) is 0 Å². The number of hydrogen-bond acceptors (Lipinski definition) is 4. The summed E-state index contributed by atoms with van der Waals surface area (Å²) in [5.74, 6) is 0. The fraction of sp³-hybridized carbons (Fsp3) is 0.550. The van der Waals surface area contributed by atoms with E-state index in [1.165, 1.54) is 0 Å². The van der Waals surface area contributed by atoms with Crippen LogP contribution in [0.15, 0.2) is 29.8 Å². The minimum atomic E-state index is -1.23. The van der Waals surface area contributed by atoms with E-state index >= 15 is 0 Å². The number of halogens is 1. The average molecular weight is 346 g/mol. The minimum absolute atomic E-state index is 0.250. The van der Waals surface area contributed by atoms with Crippen molar-refractivity contribution in [1.29, 1.82) is 5.26 Å². The SMILES string of the molecule is CN(C)CCCC(O)(C1=CCC(F)CC1)c1ccc(C#N)cc1CO. The Hall–Kier alpha value is -1.74. The normalized spacial score (nSPS) is 20.0. The van der Waals surface area contributed by atoms with Crippen LogP contribution in [0, 0.1) is 11.3 Å². The molecule has 5 heteroatoms. The average Bonchev–Trinajstić information content (AvgIpc) is 2.61. The number of aliphatic hydroxyl groups excluding tert-OH is 1. The van der Waals surface area contributed by atoms with Crippen molar-refractivity contribution in [3.05, 3.63) is 46.5 Å². The molecule has 1 aliphatic rings. The summed E-state index contributed by atoms with van der Waals surface area (Å²) in [4.78, 5) is 2.05. The van der Waals surface area contributed by atoms with Gasteiger partial charge in [0.05, 0.1) is 18.2 Å². The maximum absolute atomic E-state index is 13.5. The van der Waals surface area contributed by atoms with Crippen LogP contribution in [0.3, 0.4) is 0 Å². The zero-order chi connectivity index (χ0) is 18.4. The molecule has 0 saturated heterocycles. The second kappa shape index (κ2) is 8.57. The molecule has 0 amide bonds. The fourth-order valence-corrected chi connectivity index (χ4v) is 3.49. The van der Waals surface area contributed by atoms with Crippen LogP contribution in [0.4, 0.5) is 4.39 Å². The lowest BCUT2D eigenvalue weighted by atomic mass is 9.75. The molecule has 0 bridgehead atoms. The van der Waals surface area contributed by atoms with Gasteiger partial charge >= 0.3 is 0 Å². The fourth-order valence-electron chi connectivity index (χ4n) is 3.49. The lowest BCUT2D eigenvalue weighted by Crippen LogP contribution is -2.33. The van der Waals surface area contributed by atoms with Crippen molar-refractivity contribution in [3.8, 4) is 6.07 Å². The number of alkyl halides is 1. The zero-order valence-corrected chi connectivity index (χ0v) is 15.0. The van der Waals surface area contributed by atoms with E-state index < -0.39 is 11.8 Å². The third-order valence-corrected chi connectivity index (χ3v) is 4.87. The molecular weight excluding hydrogens is 319 g/mol. The highest BCUT2D eigenvalue weighted by Gasteiger charge is 2.36. The van der Waals surface area contributed by atoms with E-state index in [9.17, 15) is 14.6 Å². The van der Waals surface area contributed by atoms with E-state index in [2.05, 4.69) is 11.0 Å². The van der Waals surface area contributed by atoms with Gasteiger partial charge in [0, 0.05) is 0 Å². The van der Waals surface area contributed by atoms with Gasteiger partial charge < -0.3 is 15.1 Å². The molecular formula is C20H27FN2O2. The van der Waals surface area contributed by atoms with Crippen molar-refractivity contribution >= 4 is 0 Å². The molecule has 0 aliphatic heterocycles. The predicted molar refractivity (Wildman–Crippen MR) is 95.6 cm³/mol. The van der Waals surface area contributed by atoms with Crippen LogP contribution in [0.2, 0.25) is 0 Å². The van der Waals surface area contributed by atoms with Crippen LogP contribution >= 0.6 is 0 Å². The van der Waals surface area contributed by atoms with Gasteiger partial charge in [0.2, 0.25) is 0 Å². The monoisotopic (exact) mass is 346 g/mol. The van der Waals surface area contributed by atoms with Gasteiger partial charge in [0.1, 0.15) is 11.8 Å².